The van der Waals surface area contributed by atoms with Crippen molar-refractivity contribution >= 4 is 46.6 Å². The Bertz CT molecular complexity index is 649. The lowest BCUT2D eigenvalue weighted by Gasteiger charge is -2.08. The zero-order chi connectivity index (χ0) is 15.2. The van der Waals surface area contributed by atoms with Crippen molar-refractivity contribution < 1.29 is 9.53 Å². The van der Waals surface area contributed by atoms with E-state index in [1.165, 1.54) is 11.8 Å². The van der Waals surface area contributed by atoms with E-state index in [0.717, 1.165) is 10.6 Å². The third-order valence-corrected chi connectivity index (χ3v) is 4.16. The quantitative estimate of drug-likeness (QED) is 0.798. The number of ether oxygens (including phenoxy) is 1. The van der Waals surface area contributed by atoms with E-state index in [2.05, 4.69) is 5.32 Å². The maximum absolute atomic E-state index is 11.9. The highest BCUT2D eigenvalue weighted by atomic mass is 35.5. The molecule has 0 bridgehead atoms. The summed E-state index contributed by atoms with van der Waals surface area (Å²) in [5.41, 5.74) is 0.553. The number of hydrogen-bond donors (Lipinski definition) is 1. The Labute approximate surface area is 137 Å². The summed E-state index contributed by atoms with van der Waals surface area (Å²) >= 11 is 13.2. The molecule has 0 fully saturated rings. The highest BCUT2D eigenvalue weighted by molar-refractivity contribution is 8.00. The number of carbonyl (C=O) groups excluding carboxylic acids is 1. The Morgan fingerprint density at radius 1 is 1.24 bits per heavy atom. The molecule has 2 aromatic carbocycles. The lowest BCUT2D eigenvalue weighted by Crippen LogP contribution is -2.14. The SMILES string of the molecule is COc1cccc(SCC(=O)Nc2ccc(Cl)cc2Cl)c1. The van der Waals surface area contributed by atoms with Gasteiger partial charge < -0.3 is 10.1 Å². The number of anilines is 1. The van der Waals surface area contributed by atoms with E-state index in [1.807, 2.05) is 24.3 Å². The van der Waals surface area contributed by atoms with E-state index in [1.54, 1.807) is 25.3 Å². The summed E-state index contributed by atoms with van der Waals surface area (Å²) in [6.45, 7) is 0. The van der Waals surface area contributed by atoms with E-state index in [9.17, 15) is 4.79 Å². The van der Waals surface area contributed by atoms with Crippen LogP contribution in [-0.4, -0.2) is 18.8 Å². The number of amides is 1. The number of carbonyl (C=O) groups is 1. The fourth-order valence-corrected chi connectivity index (χ4v) is 2.82. The zero-order valence-electron chi connectivity index (χ0n) is 11.2. The first kappa shape index (κ1) is 16.0. The number of methoxy groups -OCH3 is 1. The van der Waals surface area contributed by atoms with Gasteiger partial charge >= 0.3 is 0 Å². The highest BCUT2D eigenvalue weighted by Crippen LogP contribution is 2.26. The number of rotatable bonds is 5. The molecule has 0 unspecified atom stereocenters. The lowest BCUT2D eigenvalue weighted by molar-refractivity contribution is -0.113. The van der Waals surface area contributed by atoms with Crippen LogP contribution >= 0.6 is 35.0 Å². The van der Waals surface area contributed by atoms with Gasteiger partial charge in [0.05, 0.1) is 23.6 Å². The number of thioether (sulfide) groups is 1. The minimum absolute atomic E-state index is 0.132. The van der Waals surface area contributed by atoms with E-state index >= 15 is 0 Å². The van der Waals surface area contributed by atoms with Crippen molar-refractivity contribution in [3.05, 3.63) is 52.5 Å². The maximum atomic E-state index is 11.9. The molecule has 0 saturated heterocycles. The van der Waals surface area contributed by atoms with Crippen LogP contribution in [0.5, 0.6) is 5.75 Å². The molecule has 0 radical (unpaired) electrons. The Balaban J connectivity index is 1.92. The van der Waals surface area contributed by atoms with Crippen LogP contribution in [0.1, 0.15) is 0 Å². The number of halogens is 2. The Morgan fingerprint density at radius 3 is 2.76 bits per heavy atom. The molecule has 0 aliphatic carbocycles. The van der Waals surface area contributed by atoms with Gasteiger partial charge in [-0.3, -0.25) is 4.79 Å². The van der Waals surface area contributed by atoms with Crippen molar-refractivity contribution in [2.24, 2.45) is 0 Å². The van der Waals surface area contributed by atoms with Gasteiger partial charge in [-0.05, 0) is 36.4 Å². The summed E-state index contributed by atoms with van der Waals surface area (Å²) < 4.78 is 5.14. The van der Waals surface area contributed by atoms with Gasteiger partial charge in [0.2, 0.25) is 5.91 Å². The predicted octanol–water partition coefficient (Wildman–Crippen LogP) is 4.73. The largest absolute Gasteiger partial charge is 0.497 e. The summed E-state index contributed by atoms with van der Waals surface area (Å²) in [5, 5.41) is 3.70. The molecule has 1 N–H and O–H groups in total. The van der Waals surface area contributed by atoms with Gasteiger partial charge in [0.1, 0.15) is 5.75 Å². The molecule has 2 aromatic rings. The van der Waals surface area contributed by atoms with Crippen LogP contribution in [0, 0.1) is 0 Å². The van der Waals surface area contributed by atoms with Crippen LogP contribution in [0.4, 0.5) is 5.69 Å². The third-order valence-electron chi connectivity index (χ3n) is 2.62. The van der Waals surface area contributed by atoms with Crippen molar-refractivity contribution in [1.29, 1.82) is 0 Å². The molecule has 2 rings (SSSR count). The van der Waals surface area contributed by atoms with Crippen molar-refractivity contribution in [2.45, 2.75) is 4.90 Å². The van der Waals surface area contributed by atoms with Gasteiger partial charge in [0.25, 0.3) is 0 Å². The molecule has 21 heavy (non-hydrogen) atoms. The fraction of sp³-hybridized carbons (Fsp3) is 0.133. The molecule has 110 valence electrons. The summed E-state index contributed by atoms with van der Waals surface area (Å²) in [6.07, 6.45) is 0. The number of nitrogens with one attached hydrogen (secondary N) is 1. The summed E-state index contributed by atoms with van der Waals surface area (Å²) in [6, 6.07) is 12.5. The van der Waals surface area contributed by atoms with Crippen LogP contribution in [-0.2, 0) is 4.79 Å². The van der Waals surface area contributed by atoms with Gasteiger partial charge in [0, 0.05) is 9.92 Å². The second-order valence-corrected chi connectivity index (χ2v) is 6.03. The smallest absolute Gasteiger partial charge is 0.234 e. The standard InChI is InChI=1S/C15H13Cl2NO2S/c1-20-11-3-2-4-12(8-11)21-9-15(19)18-14-6-5-10(16)7-13(14)17/h2-8H,9H2,1H3,(H,18,19). The first-order valence-electron chi connectivity index (χ1n) is 6.10. The van der Waals surface area contributed by atoms with Gasteiger partial charge in [-0.2, -0.15) is 0 Å². The van der Waals surface area contributed by atoms with Crippen molar-refractivity contribution in [3.8, 4) is 5.75 Å². The lowest BCUT2D eigenvalue weighted by atomic mass is 10.3. The van der Waals surface area contributed by atoms with Crippen LogP contribution < -0.4 is 10.1 Å². The van der Waals surface area contributed by atoms with Gasteiger partial charge in [-0.25, -0.2) is 0 Å². The molecule has 0 aliphatic rings. The molecule has 3 nitrogen and oxygen atoms in total. The minimum atomic E-state index is -0.132. The molecule has 0 heterocycles. The third kappa shape index (κ3) is 4.84. The second-order valence-electron chi connectivity index (χ2n) is 4.14. The monoisotopic (exact) mass is 341 g/mol. The molecule has 0 atom stereocenters. The topological polar surface area (TPSA) is 38.3 Å². The molecule has 6 heteroatoms. The van der Waals surface area contributed by atoms with E-state index in [0.29, 0.717) is 15.7 Å². The minimum Gasteiger partial charge on any atom is -0.497 e. The molecular formula is C15H13Cl2NO2S. The summed E-state index contributed by atoms with van der Waals surface area (Å²) in [4.78, 5) is 12.9. The molecular weight excluding hydrogens is 329 g/mol. The van der Waals surface area contributed by atoms with Crippen molar-refractivity contribution in [2.75, 3.05) is 18.2 Å². The number of hydrogen-bond acceptors (Lipinski definition) is 3. The maximum Gasteiger partial charge on any atom is 0.234 e. The van der Waals surface area contributed by atoms with Crippen LogP contribution in [0.3, 0.4) is 0 Å². The molecule has 0 saturated carbocycles. The molecule has 0 aromatic heterocycles. The molecule has 0 aliphatic heterocycles. The fourth-order valence-electron chi connectivity index (χ4n) is 1.62. The summed E-state index contributed by atoms with van der Waals surface area (Å²) in [5.74, 6) is 0.916. The van der Waals surface area contributed by atoms with Crippen molar-refractivity contribution in [3.63, 3.8) is 0 Å². The first-order valence-corrected chi connectivity index (χ1v) is 7.84. The van der Waals surface area contributed by atoms with E-state index < -0.39 is 0 Å². The Morgan fingerprint density at radius 2 is 2.05 bits per heavy atom. The first-order chi connectivity index (χ1) is 10.1. The molecule has 0 spiro atoms. The average Bonchev–Trinajstić information content (AvgIpc) is 2.48. The highest BCUT2D eigenvalue weighted by Gasteiger charge is 2.07. The Hall–Kier alpha value is -1.36. The van der Waals surface area contributed by atoms with Crippen LogP contribution in [0.25, 0.3) is 0 Å². The van der Waals surface area contributed by atoms with Gasteiger partial charge in [0.15, 0.2) is 0 Å². The Kier molecular flexibility index (Phi) is 5.79. The van der Waals surface area contributed by atoms with Crippen LogP contribution in [0.15, 0.2) is 47.4 Å². The van der Waals surface area contributed by atoms with E-state index in [-0.39, 0.29) is 11.7 Å². The van der Waals surface area contributed by atoms with Crippen LogP contribution in [0.2, 0.25) is 10.0 Å². The zero-order valence-corrected chi connectivity index (χ0v) is 13.6. The summed E-state index contributed by atoms with van der Waals surface area (Å²) in [7, 11) is 1.61. The molecule has 1 amide bonds. The van der Waals surface area contributed by atoms with E-state index in [4.69, 9.17) is 27.9 Å². The van der Waals surface area contributed by atoms with Gasteiger partial charge in [-0.15, -0.1) is 11.8 Å². The average molecular weight is 342 g/mol. The second kappa shape index (κ2) is 7.59. The normalized spacial score (nSPS) is 10.2. The van der Waals surface area contributed by atoms with Gasteiger partial charge in [-0.1, -0.05) is 29.3 Å². The van der Waals surface area contributed by atoms with Crippen molar-refractivity contribution in [1.82, 2.24) is 0 Å². The number of benzene rings is 2. The predicted molar refractivity (Wildman–Crippen MR) is 88.8 cm³/mol.